The number of hydrogen-bond donors (Lipinski definition) is 1. The van der Waals surface area contributed by atoms with Crippen molar-refractivity contribution in [3.8, 4) is 0 Å². The summed E-state index contributed by atoms with van der Waals surface area (Å²) in [5, 5.41) is 4.93. The van der Waals surface area contributed by atoms with Crippen LogP contribution in [0.25, 0.3) is 0 Å². The van der Waals surface area contributed by atoms with E-state index in [2.05, 4.69) is 0 Å². The monoisotopic (exact) mass is 322 g/mol. The highest BCUT2D eigenvalue weighted by Gasteiger charge is 2.24. The molecule has 0 fully saturated rings. The van der Waals surface area contributed by atoms with E-state index in [0.717, 1.165) is 0 Å². The number of benzene rings is 1. The van der Waals surface area contributed by atoms with Crippen molar-refractivity contribution < 1.29 is 26.7 Å². The maximum atomic E-state index is 13.3. The number of hydrogen-bond acceptors (Lipinski definition) is 4. The lowest BCUT2D eigenvalue weighted by atomic mass is 10.2. The third-order valence-corrected chi connectivity index (χ3v) is 3.70. The van der Waals surface area contributed by atoms with Crippen molar-refractivity contribution >= 4 is 15.9 Å². The number of carbonyl (C=O) groups excluding carboxylic acids is 1. The van der Waals surface area contributed by atoms with Crippen molar-refractivity contribution in [1.29, 1.82) is 0 Å². The van der Waals surface area contributed by atoms with Crippen molar-refractivity contribution in [1.82, 2.24) is 4.90 Å². The van der Waals surface area contributed by atoms with E-state index in [1.165, 1.54) is 19.1 Å². The zero-order valence-corrected chi connectivity index (χ0v) is 12.4. The van der Waals surface area contributed by atoms with Gasteiger partial charge >= 0.3 is 0 Å². The Kier molecular flexibility index (Phi) is 5.76. The number of nitrogens with two attached hydrogens (primary N) is 1. The molecule has 1 rings (SSSR count). The second kappa shape index (κ2) is 6.92. The molecule has 2 N–H and O–H groups in total. The number of primary sulfonamides is 1. The Morgan fingerprint density at radius 3 is 2.43 bits per heavy atom. The molecule has 9 heteroatoms. The average Bonchev–Trinajstić information content (AvgIpc) is 2.39. The summed E-state index contributed by atoms with van der Waals surface area (Å²) < 4.78 is 54.1. The van der Waals surface area contributed by atoms with Gasteiger partial charge in [0.1, 0.15) is 0 Å². The van der Waals surface area contributed by atoms with Gasteiger partial charge in [-0.25, -0.2) is 22.3 Å². The molecule has 0 saturated heterocycles. The van der Waals surface area contributed by atoms with Crippen molar-refractivity contribution in [3.63, 3.8) is 0 Å². The van der Waals surface area contributed by atoms with E-state index in [0.29, 0.717) is 25.2 Å². The normalized spacial score (nSPS) is 11.5. The first kappa shape index (κ1) is 17.5. The van der Waals surface area contributed by atoms with Crippen molar-refractivity contribution in [3.05, 3.63) is 29.3 Å². The number of sulfonamides is 1. The Balaban J connectivity index is 3.17. The average molecular weight is 322 g/mol. The lowest BCUT2D eigenvalue weighted by molar-refractivity contribution is 0.0775. The van der Waals surface area contributed by atoms with Crippen molar-refractivity contribution in [2.24, 2.45) is 5.14 Å². The summed E-state index contributed by atoms with van der Waals surface area (Å²) in [6, 6.07) is 0.936. The molecule has 21 heavy (non-hydrogen) atoms. The van der Waals surface area contributed by atoms with E-state index in [-0.39, 0.29) is 6.54 Å². The molecule has 0 aromatic heterocycles. The Morgan fingerprint density at radius 1 is 1.33 bits per heavy atom. The summed E-state index contributed by atoms with van der Waals surface area (Å²) in [5.41, 5.74) is -0.503. The van der Waals surface area contributed by atoms with Gasteiger partial charge in [-0.3, -0.25) is 4.79 Å². The molecule has 0 radical (unpaired) electrons. The van der Waals surface area contributed by atoms with Gasteiger partial charge in [-0.1, -0.05) is 0 Å². The summed E-state index contributed by atoms with van der Waals surface area (Å²) in [5.74, 6) is -3.48. The van der Waals surface area contributed by atoms with Crippen LogP contribution in [0, 0.1) is 11.6 Å². The van der Waals surface area contributed by atoms with E-state index in [9.17, 15) is 22.0 Å². The fourth-order valence-electron chi connectivity index (χ4n) is 1.68. The molecule has 0 bridgehead atoms. The van der Waals surface area contributed by atoms with Gasteiger partial charge in [0.05, 0.1) is 10.5 Å². The molecule has 0 spiro atoms. The third kappa shape index (κ3) is 4.45. The first-order valence-electron chi connectivity index (χ1n) is 5.94. The zero-order valence-electron chi connectivity index (χ0n) is 11.6. The van der Waals surface area contributed by atoms with E-state index in [1.54, 1.807) is 0 Å². The maximum Gasteiger partial charge on any atom is 0.255 e. The van der Waals surface area contributed by atoms with Crippen LogP contribution in [0.1, 0.15) is 16.8 Å². The highest BCUT2D eigenvalue weighted by atomic mass is 32.2. The number of carbonyl (C=O) groups is 1. The zero-order chi connectivity index (χ0) is 16.2. The van der Waals surface area contributed by atoms with Crippen LogP contribution in [0.15, 0.2) is 17.0 Å². The van der Waals surface area contributed by atoms with Crippen LogP contribution >= 0.6 is 0 Å². The molecule has 0 aliphatic rings. The SMILES string of the molecule is COCCCN(C)C(=O)c1cc(F)c(F)cc1S(N)(=O)=O. The fraction of sp³-hybridized carbons (Fsp3) is 0.417. The lowest BCUT2D eigenvalue weighted by Crippen LogP contribution is -2.30. The Bertz CT molecular complexity index is 634. The number of ether oxygens (including phenoxy) is 1. The first-order valence-corrected chi connectivity index (χ1v) is 7.49. The van der Waals surface area contributed by atoms with Gasteiger partial charge in [-0.2, -0.15) is 0 Å². The largest absolute Gasteiger partial charge is 0.385 e. The standard InChI is InChI=1S/C12H16F2N2O4S/c1-16(4-3-5-20-2)12(17)8-6-9(13)10(14)7-11(8)21(15,18)19/h6-7H,3-5H2,1-2H3,(H2,15,18,19). The molecule has 1 aromatic rings. The molecule has 0 unspecified atom stereocenters. The highest BCUT2D eigenvalue weighted by Crippen LogP contribution is 2.20. The molecule has 1 aromatic carbocycles. The number of halogens is 2. The van der Waals surface area contributed by atoms with E-state index in [4.69, 9.17) is 9.88 Å². The molecule has 0 aliphatic heterocycles. The minimum Gasteiger partial charge on any atom is -0.385 e. The topological polar surface area (TPSA) is 89.7 Å². The summed E-state index contributed by atoms with van der Waals surface area (Å²) >= 11 is 0. The summed E-state index contributed by atoms with van der Waals surface area (Å²) in [6.07, 6.45) is 0.507. The third-order valence-electron chi connectivity index (χ3n) is 2.75. The Morgan fingerprint density at radius 2 is 1.90 bits per heavy atom. The maximum absolute atomic E-state index is 13.3. The van der Waals surface area contributed by atoms with Crippen LogP contribution in [0.3, 0.4) is 0 Å². The second-order valence-corrected chi connectivity index (χ2v) is 5.91. The molecular formula is C12H16F2N2O4S. The highest BCUT2D eigenvalue weighted by molar-refractivity contribution is 7.89. The van der Waals surface area contributed by atoms with Crippen molar-refractivity contribution in [2.75, 3.05) is 27.3 Å². The van der Waals surface area contributed by atoms with E-state index < -0.39 is 38.0 Å². The summed E-state index contributed by atoms with van der Waals surface area (Å²) in [4.78, 5) is 12.6. The molecule has 1 amide bonds. The molecule has 0 aliphatic carbocycles. The quantitative estimate of drug-likeness (QED) is 0.782. The van der Waals surface area contributed by atoms with Crippen LogP contribution in [-0.2, 0) is 14.8 Å². The minimum atomic E-state index is -4.36. The van der Waals surface area contributed by atoms with Crippen LogP contribution in [0.5, 0.6) is 0 Å². The smallest absolute Gasteiger partial charge is 0.255 e. The molecule has 118 valence electrons. The van der Waals surface area contributed by atoms with Crippen LogP contribution in [0.2, 0.25) is 0 Å². The Hall–Kier alpha value is -1.58. The molecule has 6 nitrogen and oxygen atoms in total. The second-order valence-electron chi connectivity index (χ2n) is 4.38. The van der Waals surface area contributed by atoms with Gasteiger partial charge in [0, 0.05) is 27.3 Å². The van der Waals surface area contributed by atoms with Crippen LogP contribution < -0.4 is 5.14 Å². The number of methoxy groups -OCH3 is 1. The summed E-state index contributed by atoms with van der Waals surface area (Å²) in [6.45, 7) is 0.660. The van der Waals surface area contributed by atoms with Gasteiger partial charge < -0.3 is 9.64 Å². The van der Waals surface area contributed by atoms with Gasteiger partial charge in [-0.05, 0) is 18.6 Å². The van der Waals surface area contributed by atoms with Gasteiger partial charge in [0.25, 0.3) is 5.91 Å². The number of amides is 1. The lowest BCUT2D eigenvalue weighted by Gasteiger charge is -2.18. The number of rotatable bonds is 6. The molecular weight excluding hydrogens is 306 g/mol. The minimum absolute atomic E-state index is 0.260. The van der Waals surface area contributed by atoms with Crippen LogP contribution in [-0.4, -0.2) is 46.5 Å². The molecule has 0 saturated carbocycles. The van der Waals surface area contributed by atoms with Crippen LogP contribution in [0.4, 0.5) is 8.78 Å². The number of nitrogens with zero attached hydrogens (tertiary/aromatic N) is 1. The van der Waals surface area contributed by atoms with Crippen molar-refractivity contribution in [2.45, 2.75) is 11.3 Å². The van der Waals surface area contributed by atoms with Gasteiger partial charge in [0.2, 0.25) is 10.0 Å². The predicted octanol–water partition coefficient (Wildman–Crippen LogP) is 0.721. The molecule has 0 atom stereocenters. The van der Waals surface area contributed by atoms with Gasteiger partial charge in [-0.15, -0.1) is 0 Å². The van der Waals surface area contributed by atoms with E-state index >= 15 is 0 Å². The van der Waals surface area contributed by atoms with E-state index in [1.807, 2.05) is 0 Å². The fourth-order valence-corrected chi connectivity index (χ4v) is 2.40. The summed E-state index contributed by atoms with van der Waals surface area (Å²) in [7, 11) is -1.45. The molecule has 0 heterocycles. The predicted molar refractivity (Wildman–Crippen MR) is 71.2 cm³/mol. The Labute approximate surface area is 121 Å². The van der Waals surface area contributed by atoms with Gasteiger partial charge in [0.15, 0.2) is 11.6 Å². The first-order chi connectivity index (χ1) is 9.68.